The Hall–Kier alpha value is -3.47. The van der Waals surface area contributed by atoms with Gasteiger partial charge in [-0.05, 0) is 59.7 Å². The third-order valence-corrected chi connectivity index (χ3v) is 3.95. The number of benzene rings is 2. The third kappa shape index (κ3) is 2.42. The van der Waals surface area contributed by atoms with Gasteiger partial charge in [0.05, 0.1) is 16.6 Å². The zero-order chi connectivity index (χ0) is 16.5. The van der Waals surface area contributed by atoms with Gasteiger partial charge in [0.25, 0.3) is 0 Å². The maximum Gasteiger partial charge on any atom is 0.335 e. The molecule has 5 heteroatoms. The quantitative estimate of drug-likeness (QED) is 0.624. The number of carboxylic acid groups (broad SMARTS) is 1. The van der Waals surface area contributed by atoms with Crippen LogP contribution in [0, 0.1) is 0 Å². The predicted octanol–water partition coefficient (Wildman–Crippen LogP) is 3.79. The van der Waals surface area contributed by atoms with Crippen LogP contribution < -0.4 is 0 Å². The molecule has 0 spiro atoms. The van der Waals surface area contributed by atoms with Crippen LogP contribution in [0.5, 0.6) is 0 Å². The highest BCUT2D eigenvalue weighted by Gasteiger charge is 2.08. The Bertz CT molecular complexity index is 1020. The lowest BCUT2D eigenvalue weighted by atomic mass is 10.1. The molecular formula is C19H13N3O2. The fourth-order valence-corrected chi connectivity index (χ4v) is 2.71. The van der Waals surface area contributed by atoms with Crippen molar-refractivity contribution in [1.82, 2.24) is 14.5 Å². The second kappa shape index (κ2) is 5.62. The summed E-state index contributed by atoms with van der Waals surface area (Å²) < 4.78 is 1.94. The number of hydrogen-bond acceptors (Lipinski definition) is 3. The van der Waals surface area contributed by atoms with Gasteiger partial charge < -0.3 is 5.11 Å². The van der Waals surface area contributed by atoms with Crippen molar-refractivity contribution in [2.45, 2.75) is 0 Å². The molecule has 1 N–H and O–H groups in total. The van der Waals surface area contributed by atoms with Gasteiger partial charge in [-0.2, -0.15) is 0 Å². The van der Waals surface area contributed by atoms with Gasteiger partial charge in [0, 0.05) is 18.1 Å². The first kappa shape index (κ1) is 14.1. The molecule has 0 amide bonds. The van der Waals surface area contributed by atoms with E-state index in [1.165, 1.54) is 0 Å². The van der Waals surface area contributed by atoms with E-state index in [9.17, 15) is 4.79 Å². The second-order valence-corrected chi connectivity index (χ2v) is 5.41. The largest absolute Gasteiger partial charge is 0.478 e. The Kier molecular flexibility index (Phi) is 3.31. The molecule has 0 saturated carbocycles. The monoisotopic (exact) mass is 315 g/mol. The molecule has 4 aromatic rings. The molecule has 0 atom stereocenters. The molecule has 0 unspecified atom stereocenters. The van der Waals surface area contributed by atoms with Crippen LogP contribution in [0.25, 0.3) is 27.8 Å². The fraction of sp³-hybridized carbons (Fsp3) is 0. The first-order valence-corrected chi connectivity index (χ1v) is 7.43. The minimum atomic E-state index is -0.931. The maximum absolute atomic E-state index is 11.0. The van der Waals surface area contributed by atoms with Gasteiger partial charge in [0.15, 0.2) is 0 Å². The molecule has 2 aromatic carbocycles. The van der Waals surface area contributed by atoms with Gasteiger partial charge >= 0.3 is 5.97 Å². The van der Waals surface area contributed by atoms with Gasteiger partial charge in [-0.25, -0.2) is 9.78 Å². The fourth-order valence-electron chi connectivity index (χ4n) is 2.71. The first-order chi connectivity index (χ1) is 11.7. The van der Waals surface area contributed by atoms with Gasteiger partial charge in [0.2, 0.25) is 0 Å². The smallest absolute Gasteiger partial charge is 0.335 e. The Balaban J connectivity index is 1.77. The van der Waals surface area contributed by atoms with Gasteiger partial charge in [-0.1, -0.05) is 6.07 Å². The minimum absolute atomic E-state index is 0.267. The summed E-state index contributed by atoms with van der Waals surface area (Å²) in [6.45, 7) is 0. The summed E-state index contributed by atoms with van der Waals surface area (Å²) in [6.07, 6.45) is 5.28. The first-order valence-electron chi connectivity index (χ1n) is 7.43. The number of hydrogen-bond donors (Lipinski definition) is 1. The number of aromatic nitrogens is 3. The van der Waals surface area contributed by atoms with Crippen LogP contribution in [-0.2, 0) is 0 Å². The van der Waals surface area contributed by atoms with Crippen molar-refractivity contribution in [3.05, 3.63) is 78.9 Å². The van der Waals surface area contributed by atoms with E-state index in [-0.39, 0.29) is 5.56 Å². The van der Waals surface area contributed by atoms with E-state index in [2.05, 4.69) is 9.97 Å². The average Bonchev–Trinajstić information content (AvgIpc) is 3.05. The van der Waals surface area contributed by atoms with Crippen molar-refractivity contribution in [3.8, 4) is 16.8 Å². The Morgan fingerprint density at radius 2 is 1.67 bits per heavy atom. The molecule has 0 aliphatic rings. The molecule has 5 nitrogen and oxygen atoms in total. The zero-order valence-electron chi connectivity index (χ0n) is 12.6. The van der Waals surface area contributed by atoms with Crippen LogP contribution >= 0.6 is 0 Å². The lowest BCUT2D eigenvalue weighted by molar-refractivity contribution is 0.0697. The van der Waals surface area contributed by atoms with Crippen LogP contribution in [0.1, 0.15) is 10.4 Å². The van der Waals surface area contributed by atoms with Crippen molar-refractivity contribution in [2.24, 2.45) is 0 Å². The van der Waals surface area contributed by atoms with Gasteiger partial charge in [0.1, 0.15) is 6.33 Å². The molecule has 2 heterocycles. The summed E-state index contributed by atoms with van der Waals surface area (Å²) in [5.41, 5.74) is 5.16. The van der Waals surface area contributed by atoms with Crippen molar-refractivity contribution in [2.75, 3.05) is 0 Å². The van der Waals surface area contributed by atoms with Crippen molar-refractivity contribution in [1.29, 1.82) is 0 Å². The topological polar surface area (TPSA) is 68.0 Å². The Labute approximate surface area is 137 Å². The van der Waals surface area contributed by atoms with E-state index in [4.69, 9.17) is 5.11 Å². The van der Waals surface area contributed by atoms with Gasteiger partial charge in [-0.15, -0.1) is 0 Å². The minimum Gasteiger partial charge on any atom is -0.478 e. The standard InChI is InChI=1S/C19H13N3O2/c23-19(24)14-1-4-16(5-2-14)22-12-21-17-11-15(3-6-18(17)22)13-7-9-20-10-8-13/h1-12H,(H,23,24). The third-order valence-electron chi connectivity index (χ3n) is 3.95. The molecule has 0 aliphatic carbocycles. The van der Waals surface area contributed by atoms with Crippen LogP contribution in [-0.4, -0.2) is 25.6 Å². The normalized spacial score (nSPS) is 10.8. The van der Waals surface area contributed by atoms with E-state index < -0.39 is 5.97 Å². The molecule has 2 aromatic heterocycles. The number of fused-ring (bicyclic) bond motifs is 1. The highest BCUT2D eigenvalue weighted by molar-refractivity contribution is 5.88. The summed E-state index contributed by atoms with van der Waals surface area (Å²) >= 11 is 0. The van der Waals surface area contributed by atoms with Crippen molar-refractivity contribution in [3.63, 3.8) is 0 Å². The lowest BCUT2D eigenvalue weighted by Gasteiger charge is -2.06. The number of carboxylic acids is 1. The summed E-state index contributed by atoms with van der Waals surface area (Å²) in [4.78, 5) is 19.5. The molecule has 116 valence electrons. The molecule has 0 saturated heterocycles. The number of rotatable bonds is 3. The predicted molar refractivity (Wildman–Crippen MR) is 91.3 cm³/mol. The number of aromatic carboxylic acids is 1. The molecule has 0 bridgehead atoms. The molecule has 0 fully saturated rings. The Morgan fingerprint density at radius 1 is 0.917 bits per heavy atom. The summed E-state index contributed by atoms with van der Waals surface area (Å²) in [7, 11) is 0. The van der Waals surface area contributed by atoms with Crippen LogP contribution in [0.2, 0.25) is 0 Å². The molecule has 4 rings (SSSR count). The highest BCUT2D eigenvalue weighted by atomic mass is 16.4. The summed E-state index contributed by atoms with van der Waals surface area (Å²) in [6, 6.07) is 16.8. The SMILES string of the molecule is O=C(O)c1ccc(-n2cnc3cc(-c4ccncc4)ccc32)cc1. The highest BCUT2D eigenvalue weighted by Crippen LogP contribution is 2.25. The number of imidazole rings is 1. The summed E-state index contributed by atoms with van der Waals surface area (Å²) in [5.74, 6) is -0.931. The molecule has 24 heavy (non-hydrogen) atoms. The van der Waals surface area contributed by atoms with E-state index >= 15 is 0 Å². The lowest BCUT2D eigenvalue weighted by Crippen LogP contribution is -1.97. The Morgan fingerprint density at radius 3 is 2.38 bits per heavy atom. The second-order valence-electron chi connectivity index (χ2n) is 5.41. The number of carbonyl (C=O) groups is 1. The zero-order valence-corrected chi connectivity index (χ0v) is 12.6. The van der Waals surface area contributed by atoms with Crippen LogP contribution in [0.15, 0.2) is 73.3 Å². The van der Waals surface area contributed by atoms with E-state index in [0.29, 0.717) is 0 Å². The molecular weight excluding hydrogens is 302 g/mol. The van der Waals surface area contributed by atoms with E-state index in [1.807, 2.05) is 34.9 Å². The summed E-state index contributed by atoms with van der Waals surface area (Å²) in [5, 5.41) is 8.99. The van der Waals surface area contributed by atoms with E-state index in [1.54, 1.807) is 43.0 Å². The van der Waals surface area contributed by atoms with Crippen LogP contribution in [0.3, 0.4) is 0 Å². The molecule has 0 radical (unpaired) electrons. The van der Waals surface area contributed by atoms with Crippen molar-refractivity contribution < 1.29 is 9.90 Å². The van der Waals surface area contributed by atoms with Crippen LogP contribution in [0.4, 0.5) is 0 Å². The van der Waals surface area contributed by atoms with Gasteiger partial charge in [-0.3, -0.25) is 9.55 Å². The number of nitrogens with zero attached hydrogens (tertiary/aromatic N) is 3. The number of pyridine rings is 1. The van der Waals surface area contributed by atoms with Crippen molar-refractivity contribution >= 4 is 17.0 Å². The molecule has 0 aliphatic heterocycles. The average molecular weight is 315 g/mol. The van der Waals surface area contributed by atoms with E-state index in [0.717, 1.165) is 27.8 Å². The maximum atomic E-state index is 11.0.